The zero-order chi connectivity index (χ0) is 13.4. The summed E-state index contributed by atoms with van der Waals surface area (Å²) in [6.45, 7) is 8.67. The normalized spacial score (nSPS) is 12.4. The van der Waals surface area contributed by atoms with Crippen molar-refractivity contribution in [1.82, 2.24) is 4.98 Å². The number of nitrogens with two attached hydrogens (primary N) is 1. The first-order valence-corrected chi connectivity index (χ1v) is 7.15. The van der Waals surface area contributed by atoms with Crippen molar-refractivity contribution in [3.63, 3.8) is 0 Å². The van der Waals surface area contributed by atoms with E-state index in [-0.39, 0.29) is 6.04 Å². The number of hydrogen-bond donors (Lipinski definition) is 1. The Morgan fingerprint density at radius 2 is 1.78 bits per heavy atom. The maximum absolute atomic E-state index is 5.82. The molecule has 0 bridgehead atoms. The molecule has 0 aliphatic rings. The Morgan fingerprint density at radius 1 is 1.17 bits per heavy atom. The molecule has 0 fully saturated rings. The highest BCUT2D eigenvalue weighted by Gasteiger charge is 2.07. The van der Waals surface area contributed by atoms with Gasteiger partial charge in [0.2, 0.25) is 0 Å². The van der Waals surface area contributed by atoms with E-state index in [2.05, 4.69) is 29.8 Å². The molecule has 0 radical (unpaired) electrons. The van der Waals surface area contributed by atoms with Crippen LogP contribution in [0.25, 0.3) is 0 Å². The van der Waals surface area contributed by atoms with Crippen LogP contribution in [0, 0.1) is 0 Å². The van der Waals surface area contributed by atoms with Gasteiger partial charge in [-0.25, -0.2) is 0 Å². The van der Waals surface area contributed by atoms with Crippen LogP contribution in [-0.2, 0) is 0 Å². The molecule has 0 aromatic carbocycles. The van der Waals surface area contributed by atoms with Gasteiger partial charge in [0.25, 0.3) is 0 Å². The quantitative estimate of drug-likeness (QED) is 0.766. The molecule has 1 heterocycles. The molecule has 1 rings (SSSR count). The second-order valence-corrected chi connectivity index (χ2v) is 4.92. The Morgan fingerprint density at radius 3 is 2.17 bits per heavy atom. The van der Waals surface area contributed by atoms with Crippen LogP contribution >= 0.6 is 0 Å². The summed E-state index contributed by atoms with van der Waals surface area (Å²) in [5.74, 6) is 0. The van der Waals surface area contributed by atoms with Crippen LogP contribution in [0.1, 0.15) is 58.2 Å². The second-order valence-electron chi connectivity index (χ2n) is 4.92. The van der Waals surface area contributed by atoms with Gasteiger partial charge in [-0.15, -0.1) is 0 Å². The summed E-state index contributed by atoms with van der Waals surface area (Å²) in [6, 6.07) is 4.21. The number of rotatable bonds is 8. The Labute approximate surface area is 111 Å². The maximum Gasteiger partial charge on any atom is 0.0569 e. The molecular weight excluding hydrogens is 222 g/mol. The van der Waals surface area contributed by atoms with Crippen LogP contribution in [0.5, 0.6) is 0 Å². The first-order chi connectivity index (χ1) is 8.69. The molecule has 1 unspecified atom stereocenters. The van der Waals surface area contributed by atoms with Gasteiger partial charge in [-0.3, -0.25) is 4.98 Å². The average molecular weight is 249 g/mol. The minimum Gasteiger partial charge on any atom is -0.370 e. The van der Waals surface area contributed by atoms with E-state index in [4.69, 9.17) is 5.73 Å². The van der Waals surface area contributed by atoms with E-state index in [1.165, 1.54) is 31.4 Å². The molecule has 2 N–H and O–H groups in total. The van der Waals surface area contributed by atoms with E-state index in [1.807, 2.05) is 19.2 Å². The third-order valence-corrected chi connectivity index (χ3v) is 3.17. The molecule has 0 saturated heterocycles. The van der Waals surface area contributed by atoms with Gasteiger partial charge in [-0.1, -0.05) is 26.7 Å². The number of pyridine rings is 1. The predicted molar refractivity (Wildman–Crippen MR) is 78.9 cm³/mol. The summed E-state index contributed by atoms with van der Waals surface area (Å²) >= 11 is 0. The third-order valence-electron chi connectivity index (χ3n) is 3.17. The van der Waals surface area contributed by atoms with Gasteiger partial charge in [0.15, 0.2) is 0 Å². The summed E-state index contributed by atoms with van der Waals surface area (Å²) in [4.78, 5) is 6.88. The monoisotopic (exact) mass is 249 g/mol. The fourth-order valence-corrected chi connectivity index (χ4v) is 1.92. The molecule has 1 aromatic rings. The third kappa shape index (κ3) is 4.65. The van der Waals surface area contributed by atoms with Gasteiger partial charge in [-0.05, 0) is 31.9 Å². The average Bonchev–Trinajstić information content (AvgIpc) is 2.39. The van der Waals surface area contributed by atoms with E-state index in [0.717, 1.165) is 18.8 Å². The molecular formula is C15H27N3. The largest absolute Gasteiger partial charge is 0.370 e. The Hall–Kier alpha value is -1.09. The molecule has 0 spiro atoms. The molecule has 0 aliphatic carbocycles. The number of hydrogen-bond acceptors (Lipinski definition) is 3. The maximum atomic E-state index is 5.82. The van der Waals surface area contributed by atoms with Gasteiger partial charge < -0.3 is 10.6 Å². The molecule has 1 aromatic heterocycles. The number of nitrogens with zero attached hydrogens (tertiary/aromatic N) is 2. The summed E-state index contributed by atoms with van der Waals surface area (Å²) in [7, 11) is 0. The van der Waals surface area contributed by atoms with Crippen molar-refractivity contribution in [1.29, 1.82) is 0 Å². The fraction of sp³-hybridized carbons (Fsp3) is 0.667. The second kappa shape index (κ2) is 8.09. The van der Waals surface area contributed by atoms with Crippen molar-refractivity contribution in [2.24, 2.45) is 5.73 Å². The smallest absolute Gasteiger partial charge is 0.0569 e. The van der Waals surface area contributed by atoms with Crippen LogP contribution in [0.15, 0.2) is 18.3 Å². The molecule has 3 heteroatoms. The van der Waals surface area contributed by atoms with Gasteiger partial charge in [0, 0.05) is 19.1 Å². The van der Waals surface area contributed by atoms with Crippen LogP contribution < -0.4 is 10.6 Å². The van der Waals surface area contributed by atoms with Gasteiger partial charge in [0.05, 0.1) is 17.6 Å². The molecule has 18 heavy (non-hydrogen) atoms. The summed E-state index contributed by atoms with van der Waals surface area (Å²) < 4.78 is 0. The molecule has 0 amide bonds. The molecule has 102 valence electrons. The zero-order valence-electron chi connectivity index (χ0n) is 12.0. The standard InChI is InChI=1S/C15H27N3/c1-4-6-10-18(11-7-5-2)14-8-9-15(13(3)16)17-12-14/h8-9,12-13H,4-7,10-11,16H2,1-3H3. The lowest BCUT2D eigenvalue weighted by Gasteiger charge is -2.24. The first-order valence-electron chi connectivity index (χ1n) is 7.15. The highest BCUT2D eigenvalue weighted by Crippen LogP contribution is 2.17. The topological polar surface area (TPSA) is 42.1 Å². The van der Waals surface area contributed by atoms with Crippen molar-refractivity contribution in [2.75, 3.05) is 18.0 Å². The molecule has 1 atom stereocenters. The van der Waals surface area contributed by atoms with Crippen LogP contribution in [0.4, 0.5) is 5.69 Å². The molecule has 3 nitrogen and oxygen atoms in total. The van der Waals surface area contributed by atoms with Gasteiger partial charge >= 0.3 is 0 Å². The van der Waals surface area contributed by atoms with Crippen LogP contribution in [-0.4, -0.2) is 18.1 Å². The van der Waals surface area contributed by atoms with E-state index in [1.54, 1.807) is 0 Å². The Bertz CT molecular complexity index is 311. The van der Waals surface area contributed by atoms with Crippen LogP contribution in [0.2, 0.25) is 0 Å². The molecule has 0 aliphatic heterocycles. The van der Waals surface area contributed by atoms with E-state index < -0.39 is 0 Å². The molecule has 0 saturated carbocycles. The van der Waals surface area contributed by atoms with Crippen molar-refractivity contribution >= 4 is 5.69 Å². The summed E-state index contributed by atoms with van der Waals surface area (Å²) in [5.41, 5.74) is 8.01. The van der Waals surface area contributed by atoms with Gasteiger partial charge in [0.1, 0.15) is 0 Å². The van der Waals surface area contributed by atoms with Crippen molar-refractivity contribution in [2.45, 2.75) is 52.5 Å². The predicted octanol–water partition coefficient (Wildman–Crippen LogP) is 3.51. The number of anilines is 1. The van der Waals surface area contributed by atoms with Crippen molar-refractivity contribution in [3.8, 4) is 0 Å². The number of unbranched alkanes of at least 4 members (excludes halogenated alkanes) is 2. The lowest BCUT2D eigenvalue weighted by atomic mass is 10.2. The highest BCUT2D eigenvalue weighted by atomic mass is 15.1. The SMILES string of the molecule is CCCCN(CCCC)c1ccc(C(C)N)nc1. The first kappa shape index (κ1) is 15.0. The summed E-state index contributed by atoms with van der Waals surface area (Å²) in [5, 5.41) is 0. The zero-order valence-corrected chi connectivity index (χ0v) is 12.0. The Kier molecular flexibility index (Phi) is 6.73. The van der Waals surface area contributed by atoms with Gasteiger partial charge in [-0.2, -0.15) is 0 Å². The minimum atomic E-state index is 0.0128. The van der Waals surface area contributed by atoms with E-state index in [0.29, 0.717) is 0 Å². The Balaban J connectivity index is 2.70. The lowest BCUT2D eigenvalue weighted by molar-refractivity contribution is 0.676. The van der Waals surface area contributed by atoms with E-state index in [9.17, 15) is 0 Å². The number of aromatic nitrogens is 1. The minimum absolute atomic E-state index is 0.0128. The van der Waals surface area contributed by atoms with Crippen LogP contribution in [0.3, 0.4) is 0 Å². The van der Waals surface area contributed by atoms with E-state index >= 15 is 0 Å². The fourth-order valence-electron chi connectivity index (χ4n) is 1.92. The van der Waals surface area contributed by atoms with Crippen molar-refractivity contribution in [3.05, 3.63) is 24.0 Å². The highest BCUT2D eigenvalue weighted by molar-refractivity contribution is 5.44. The summed E-state index contributed by atoms with van der Waals surface area (Å²) in [6.07, 6.45) is 6.89. The van der Waals surface area contributed by atoms with Crippen molar-refractivity contribution < 1.29 is 0 Å². The lowest BCUT2D eigenvalue weighted by Crippen LogP contribution is -2.25.